The predicted octanol–water partition coefficient (Wildman–Crippen LogP) is 3.90. The molecule has 0 N–H and O–H groups in total. The number of rotatable bonds is 7. The van der Waals surface area contributed by atoms with Crippen LogP contribution in [0, 0.1) is 0 Å². The zero-order chi connectivity index (χ0) is 24.9. The molecule has 2 aromatic carbocycles. The second kappa shape index (κ2) is 11.4. The molecule has 35 heavy (non-hydrogen) atoms. The van der Waals surface area contributed by atoms with E-state index in [9.17, 15) is 14.4 Å². The van der Waals surface area contributed by atoms with E-state index in [1.807, 2.05) is 23.1 Å². The Kier molecular flexibility index (Phi) is 8.28. The topological polar surface area (TPSA) is 64.2 Å². The summed E-state index contributed by atoms with van der Waals surface area (Å²) in [5.41, 5.74) is 2.09. The highest BCUT2D eigenvalue weighted by molar-refractivity contribution is 8.18. The van der Waals surface area contributed by atoms with Crippen molar-refractivity contribution in [2.24, 2.45) is 0 Å². The van der Waals surface area contributed by atoms with Gasteiger partial charge < -0.3 is 9.80 Å². The SMILES string of the molecule is CN(C)CCN1CCN(C(=O)c2cccc(/C=C3\SC(=O)N(Cc4cccc(Cl)c4)C3=O)c2)CC1. The van der Waals surface area contributed by atoms with Crippen LogP contribution in [0.5, 0.6) is 0 Å². The second-order valence-corrected chi connectivity index (χ2v) is 10.4. The molecule has 2 fully saturated rings. The second-order valence-electron chi connectivity index (χ2n) is 8.96. The van der Waals surface area contributed by atoms with Crippen LogP contribution < -0.4 is 0 Å². The summed E-state index contributed by atoms with van der Waals surface area (Å²) in [4.78, 5) is 46.5. The minimum absolute atomic E-state index is 0.0124. The fourth-order valence-electron chi connectivity index (χ4n) is 4.07. The molecule has 2 heterocycles. The Hall–Kier alpha value is -2.65. The molecule has 0 unspecified atom stereocenters. The van der Waals surface area contributed by atoms with Crippen molar-refractivity contribution < 1.29 is 14.4 Å². The Morgan fingerprint density at radius 1 is 1.06 bits per heavy atom. The maximum Gasteiger partial charge on any atom is 0.293 e. The average Bonchev–Trinajstić information content (AvgIpc) is 3.10. The first kappa shape index (κ1) is 25.4. The number of carbonyl (C=O) groups excluding carboxylic acids is 3. The molecule has 2 aliphatic heterocycles. The molecule has 0 bridgehead atoms. The van der Waals surface area contributed by atoms with Crippen molar-refractivity contribution in [3.05, 3.63) is 75.1 Å². The van der Waals surface area contributed by atoms with Gasteiger partial charge in [0.1, 0.15) is 0 Å². The van der Waals surface area contributed by atoms with Gasteiger partial charge in [0.25, 0.3) is 17.1 Å². The van der Waals surface area contributed by atoms with Crippen LogP contribution in [0.1, 0.15) is 21.5 Å². The zero-order valence-corrected chi connectivity index (χ0v) is 21.5. The molecule has 0 aromatic heterocycles. The van der Waals surface area contributed by atoms with E-state index in [1.54, 1.807) is 36.4 Å². The Morgan fingerprint density at radius 2 is 1.80 bits per heavy atom. The molecule has 0 saturated carbocycles. The lowest BCUT2D eigenvalue weighted by atomic mass is 10.1. The number of hydrogen-bond donors (Lipinski definition) is 0. The van der Waals surface area contributed by atoms with Crippen molar-refractivity contribution in [3.63, 3.8) is 0 Å². The molecule has 2 aliphatic rings. The minimum atomic E-state index is -0.342. The number of nitrogens with zero attached hydrogens (tertiary/aromatic N) is 4. The average molecular weight is 513 g/mol. The van der Waals surface area contributed by atoms with Crippen molar-refractivity contribution in [1.82, 2.24) is 19.6 Å². The number of likely N-dealkylation sites (N-methyl/N-ethyl adjacent to an activating group) is 1. The summed E-state index contributed by atoms with van der Waals surface area (Å²) >= 11 is 6.94. The molecule has 0 radical (unpaired) electrons. The van der Waals surface area contributed by atoms with Crippen LogP contribution >= 0.6 is 23.4 Å². The van der Waals surface area contributed by atoms with Crippen LogP contribution in [0.25, 0.3) is 6.08 Å². The highest BCUT2D eigenvalue weighted by Gasteiger charge is 2.35. The van der Waals surface area contributed by atoms with Crippen LogP contribution in [-0.2, 0) is 11.3 Å². The van der Waals surface area contributed by atoms with E-state index in [2.05, 4.69) is 23.9 Å². The lowest BCUT2D eigenvalue weighted by Gasteiger charge is -2.35. The number of thioether (sulfide) groups is 1. The molecule has 0 aliphatic carbocycles. The van der Waals surface area contributed by atoms with Gasteiger partial charge in [-0.25, -0.2) is 0 Å². The number of imide groups is 1. The van der Waals surface area contributed by atoms with Gasteiger partial charge in [-0.05, 0) is 67.3 Å². The van der Waals surface area contributed by atoms with E-state index in [-0.39, 0.29) is 23.6 Å². The normalized spacial score (nSPS) is 18.2. The van der Waals surface area contributed by atoms with Gasteiger partial charge in [-0.3, -0.25) is 24.2 Å². The Bertz CT molecular complexity index is 1140. The fraction of sp³-hybridized carbons (Fsp3) is 0.346. The smallest absolute Gasteiger partial charge is 0.293 e. The summed E-state index contributed by atoms with van der Waals surface area (Å²) in [5, 5.41) is 0.238. The van der Waals surface area contributed by atoms with E-state index in [4.69, 9.17) is 11.6 Å². The van der Waals surface area contributed by atoms with Crippen molar-refractivity contribution in [1.29, 1.82) is 0 Å². The van der Waals surface area contributed by atoms with E-state index in [0.29, 0.717) is 34.1 Å². The van der Waals surface area contributed by atoms with Crippen LogP contribution in [0.4, 0.5) is 4.79 Å². The monoisotopic (exact) mass is 512 g/mol. The first-order valence-corrected chi connectivity index (χ1v) is 12.8. The van der Waals surface area contributed by atoms with Crippen LogP contribution in [0.2, 0.25) is 5.02 Å². The van der Waals surface area contributed by atoms with Gasteiger partial charge in [-0.1, -0.05) is 35.9 Å². The lowest BCUT2D eigenvalue weighted by molar-refractivity contribution is -0.123. The maximum atomic E-state index is 13.1. The number of carbonyl (C=O) groups is 3. The van der Waals surface area contributed by atoms with Gasteiger partial charge in [0.2, 0.25) is 0 Å². The van der Waals surface area contributed by atoms with Gasteiger partial charge in [0, 0.05) is 49.9 Å². The van der Waals surface area contributed by atoms with E-state index >= 15 is 0 Å². The first-order valence-electron chi connectivity index (χ1n) is 11.6. The van der Waals surface area contributed by atoms with Crippen LogP contribution in [0.3, 0.4) is 0 Å². The summed E-state index contributed by atoms with van der Waals surface area (Å²) in [7, 11) is 4.12. The number of hydrogen-bond acceptors (Lipinski definition) is 6. The van der Waals surface area contributed by atoms with Gasteiger partial charge in [-0.15, -0.1) is 0 Å². The van der Waals surface area contributed by atoms with Crippen molar-refractivity contribution in [2.45, 2.75) is 6.54 Å². The molecule has 2 aromatic rings. The van der Waals surface area contributed by atoms with E-state index in [1.165, 1.54) is 4.90 Å². The Morgan fingerprint density at radius 3 is 2.51 bits per heavy atom. The Labute approximate surface area is 215 Å². The molecule has 4 rings (SSSR count). The summed E-state index contributed by atoms with van der Waals surface area (Å²) in [5.74, 6) is -0.355. The molecule has 3 amide bonds. The Balaban J connectivity index is 1.40. The van der Waals surface area contributed by atoms with E-state index in [0.717, 1.165) is 43.5 Å². The fourth-order valence-corrected chi connectivity index (χ4v) is 5.12. The molecule has 2 saturated heterocycles. The van der Waals surface area contributed by atoms with Crippen LogP contribution in [-0.4, -0.2) is 90.0 Å². The largest absolute Gasteiger partial charge is 0.336 e. The molecule has 0 spiro atoms. The molecule has 9 heteroatoms. The predicted molar refractivity (Wildman–Crippen MR) is 140 cm³/mol. The van der Waals surface area contributed by atoms with Gasteiger partial charge in [-0.2, -0.15) is 0 Å². The molecular weight excluding hydrogens is 484 g/mol. The zero-order valence-electron chi connectivity index (χ0n) is 19.9. The standard InChI is InChI=1S/C26H29ClN4O3S/c1-28(2)9-10-29-11-13-30(14-12-29)24(32)21-7-3-5-19(15-21)17-23-25(33)31(26(34)35-23)18-20-6-4-8-22(27)16-20/h3-8,15-17H,9-14,18H2,1-2H3/b23-17-. The van der Waals surface area contributed by atoms with Gasteiger partial charge in [0.15, 0.2) is 0 Å². The van der Waals surface area contributed by atoms with E-state index < -0.39 is 0 Å². The molecule has 7 nitrogen and oxygen atoms in total. The number of benzene rings is 2. The van der Waals surface area contributed by atoms with Crippen LogP contribution in [0.15, 0.2) is 53.4 Å². The third-order valence-electron chi connectivity index (χ3n) is 6.06. The quantitative estimate of drug-likeness (QED) is 0.524. The number of amides is 3. The maximum absolute atomic E-state index is 13.1. The molecule has 0 atom stereocenters. The van der Waals surface area contributed by atoms with Crippen molar-refractivity contribution in [3.8, 4) is 0 Å². The lowest BCUT2D eigenvalue weighted by Crippen LogP contribution is -2.49. The third-order valence-corrected chi connectivity index (χ3v) is 7.20. The number of halogens is 1. The highest BCUT2D eigenvalue weighted by Crippen LogP contribution is 2.33. The molecule has 184 valence electrons. The van der Waals surface area contributed by atoms with Crippen molar-refractivity contribution >= 4 is 46.5 Å². The highest BCUT2D eigenvalue weighted by atomic mass is 35.5. The van der Waals surface area contributed by atoms with Gasteiger partial charge >= 0.3 is 0 Å². The summed E-state index contributed by atoms with van der Waals surface area (Å²) in [6, 6.07) is 14.3. The van der Waals surface area contributed by atoms with Crippen molar-refractivity contribution in [2.75, 3.05) is 53.4 Å². The van der Waals surface area contributed by atoms with Gasteiger partial charge in [0.05, 0.1) is 11.4 Å². The third kappa shape index (κ3) is 6.52. The number of piperazine rings is 1. The minimum Gasteiger partial charge on any atom is -0.336 e. The summed E-state index contributed by atoms with van der Waals surface area (Å²) in [6.07, 6.45) is 1.68. The summed E-state index contributed by atoms with van der Waals surface area (Å²) in [6.45, 7) is 5.27. The summed E-state index contributed by atoms with van der Waals surface area (Å²) < 4.78 is 0. The molecular formula is C26H29ClN4O3S. The first-order chi connectivity index (χ1) is 16.8.